The Hall–Kier alpha value is -1.67. The molecule has 2 N–H and O–H groups in total. The Morgan fingerprint density at radius 3 is 2.30 bits per heavy atom. The number of benzene rings is 1. The molecule has 0 saturated heterocycles. The van der Waals surface area contributed by atoms with Gasteiger partial charge in [-0.05, 0) is 48.9 Å². The molecule has 0 atom stereocenters. The standard InChI is InChI=1S/C18H24N2/c1-12(2)9-18-17(11-19)16(10-14(4)20-18)15-7-5-13(3)6-8-15/h5-8,10,12H,9,11,19H2,1-4H3. The highest BCUT2D eigenvalue weighted by Gasteiger charge is 2.13. The first-order valence-corrected chi connectivity index (χ1v) is 7.27. The predicted molar refractivity (Wildman–Crippen MR) is 85.6 cm³/mol. The highest BCUT2D eigenvalue weighted by Crippen LogP contribution is 2.27. The molecule has 0 fully saturated rings. The predicted octanol–water partition coefficient (Wildman–Crippen LogP) is 4.02. The van der Waals surface area contributed by atoms with Gasteiger partial charge >= 0.3 is 0 Å². The van der Waals surface area contributed by atoms with Crippen LogP contribution in [0, 0.1) is 19.8 Å². The topological polar surface area (TPSA) is 38.9 Å². The molecule has 0 unspecified atom stereocenters. The van der Waals surface area contributed by atoms with E-state index in [9.17, 15) is 0 Å². The molecule has 1 aromatic carbocycles. The van der Waals surface area contributed by atoms with E-state index >= 15 is 0 Å². The molecule has 0 radical (unpaired) electrons. The maximum atomic E-state index is 6.00. The van der Waals surface area contributed by atoms with E-state index in [0.717, 1.165) is 17.8 Å². The first-order chi connectivity index (χ1) is 9.51. The quantitative estimate of drug-likeness (QED) is 0.909. The van der Waals surface area contributed by atoms with E-state index in [4.69, 9.17) is 10.7 Å². The van der Waals surface area contributed by atoms with Crippen molar-refractivity contribution >= 4 is 0 Å². The zero-order chi connectivity index (χ0) is 14.7. The molecule has 0 amide bonds. The second-order valence-electron chi connectivity index (χ2n) is 5.90. The van der Waals surface area contributed by atoms with Crippen LogP contribution >= 0.6 is 0 Å². The molecule has 0 bridgehead atoms. The van der Waals surface area contributed by atoms with Gasteiger partial charge in [0.1, 0.15) is 0 Å². The van der Waals surface area contributed by atoms with E-state index in [2.05, 4.69) is 58.0 Å². The van der Waals surface area contributed by atoms with Crippen LogP contribution in [0.3, 0.4) is 0 Å². The smallest absolute Gasteiger partial charge is 0.0460 e. The average Bonchev–Trinajstić information content (AvgIpc) is 2.38. The molecule has 1 aromatic heterocycles. The van der Waals surface area contributed by atoms with Crippen LogP contribution in [-0.4, -0.2) is 4.98 Å². The molecule has 106 valence electrons. The van der Waals surface area contributed by atoms with E-state index in [1.165, 1.54) is 22.3 Å². The van der Waals surface area contributed by atoms with E-state index in [1.807, 2.05) is 0 Å². The van der Waals surface area contributed by atoms with Crippen LogP contribution in [0.2, 0.25) is 0 Å². The fourth-order valence-electron chi connectivity index (χ4n) is 2.54. The third-order valence-corrected chi connectivity index (χ3v) is 3.51. The van der Waals surface area contributed by atoms with Crippen molar-refractivity contribution in [2.45, 2.75) is 40.7 Å². The van der Waals surface area contributed by atoms with Crippen molar-refractivity contribution in [3.05, 3.63) is 52.8 Å². The highest BCUT2D eigenvalue weighted by atomic mass is 14.7. The molecule has 0 aliphatic carbocycles. The van der Waals surface area contributed by atoms with Crippen molar-refractivity contribution in [1.29, 1.82) is 0 Å². The molecule has 2 heteroatoms. The minimum atomic E-state index is 0.540. The van der Waals surface area contributed by atoms with E-state index < -0.39 is 0 Å². The number of hydrogen-bond acceptors (Lipinski definition) is 2. The van der Waals surface area contributed by atoms with Gasteiger partial charge in [0.2, 0.25) is 0 Å². The largest absolute Gasteiger partial charge is 0.326 e. The van der Waals surface area contributed by atoms with Gasteiger partial charge in [0.15, 0.2) is 0 Å². The lowest BCUT2D eigenvalue weighted by Gasteiger charge is -2.16. The third-order valence-electron chi connectivity index (χ3n) is 3.51. The van der Waals surface area contributed by atoms with Gasteiger partial charge in [-0.3, -0.25) is 4.98 Å². The zero-order valence-corrected chi connectivity index (χ0v) is 12.9. The highest BCUT2D eigenvalue weighted by molar-refractivity contribution is 5.68. The fraction of sp³-hybridized carbons (Fsp3) is 0.389. The first-order valence-electron chi connectivity index (χ1n) is 7.27. The Morgan fingerprint density at radius 2 is 1.75 bits per heavy atom. The van der Waals surface area contributed by atoms with Crippen LogP contribution in [0.1, 0.15) is 36.4 Å². The van der Waals surface area contributed by atoms with Crippen LogP contribution in [0.15, 0.2) is 30.3 Å². The number of aryl methyl sites for hydroxylation is 2. The van der Waals surface area contributed by atoms with Crippen molar-refractivity contribution in [2.75, 3.05) is 0 Å². The molecular weight excluding hydrogens is 244 g/mol. The lowest BCUT2D eigenvalue weighted by molar-refractivity contribution is 0.628. The SMILES string of the molecule is Cc1ccc(-c2cc(C)nc(CC(C)C)c2CN)cc1. The van der Waals surface area contributed by atoms with Gasteiger partial charge in [-0.2, -0.15) is 0 Å². The van der Waals surface area contributed by atoms with Gasteiger partial charge in [-0.25, -0.2) is 0 Å². The summed E-state index contributed by atoms with van der Waals surface area (Å²) in [6, 6.07) is 10.8. The van der Waals surface area contributed by atoms with E-state index in [-0.39, 0.29) is 0 Å². The summed E-state index contributed by atoms with van der Waals surface area (Å²) in [7, 11) is 0. The molecule has 2 nitrogen and oxygen atoms in total. The Kier molecular flexibility index (Phi) is 4.56. The van der Waals surface area contributed by atoms with Crippen LogP contribution in [-0.2, 0) is 13.0 Å². The summed E-state index contributed by atoms with van der Waals surface area (Å²) in [4.78, 5) is 4.71. The number of pyridine rings is 1. The van der Waals surface area contributed by atoms with Gasteiger partial charge in [0, 0.05) is 17.9 Å². The van der Waals surface area contributed by atoms with Crippen molar-refractivity contribution in [1.82, 2.24) is 4.98 Å². The Labute approximate surface area is 122 Å². The van der Waals surface area contributed by atoms with Gasteiger partial charge in [-0.15, -0.1) is 0 Å². The zero-order valence-electron chi connectivity index (χ0n) is 12.9. The number of hydrogen-bond donors (Lipinski definition) is 1. The molecule has 0 aliphatic rings. The Morgan fingerprint density at radius 1 is 1.10 bits per heavy atom. The molecule has 2 rings (SSSR count). The molecular formula is C18H24N2. The monoisotopic (exact) mass is 268 g/mol. The first kappa shape index (κ1) is 14.7. The molecule has 0 aliphatic heterocycles. The maximum Gasteiger partial charge on any atom is 0.0460 e. The lowest BCUT2D eigenvalue weighted by atomic mass is 9.94. The summed E-state index contributed by atoms with van der Waals surface area (Å²) in [5.74, 6) is 0.584. The molecule has 0 spiro atoms. The van der Waals surface area contributed by atoms with Crippen LogP contribution in [0.4, 0.5) is 0 Å². The third kappa shape index (κ3) is 3.26. The molecule has 0 saturated carbocycles. The van der Waals surface area contributed by atoms with Crippen LogP contribution in [0.25, 0.3) is 11.1 Å². The molecule has 20 heavy (non-hydrogen) atoms. The summed E-state index contributed by atoms with van der Waals surface area (Å²) in [5.41, 5.74) is 13.1. The normalized spacial score (nSPS) is 11.1. The van der Waals surface area contributed by atoms with E-state index in [0.29, 0.717) is 12.5 Å². The minimum absolute atomic E-state index is 0.540. The summed E-state index contributed by atoms with van der Waals surface area (Å²) < 4.78 is 0. The van der Waals surface area contributed by atoms with Crippen molar-refractivity contribution in [3.63, 3.8) is 0 Å². The Balaban J connectivity index is 2.56. The lowest BCUT2D eigenvalue weighted by Crippen LogP contribution is -2.10. The van der Waals surface area contributed by atoms with Gasteiger partial charge in [-0.1, -0.05) is 43.7 Å². The summed E-state index contributed by atoms with van der Waals surface area (Å²) in [5, 5.41) is 0. The molecule has 1 heterocycles. The Bertz CT molecular complexity index is 583. The summed E-state index contributed by atoms with van der Waals surface area (Å²) in [6.45, 7) is 9.14. The average molecular weight is 268 g/mol. The van der Waals surface area contributed by atoms with Gasteiger partial charge in [0.25, 0.3) is 0 Å². The summed E-state index contributed by atoms with van der Waals surface area (Å²) in [6.07, 6.45) is 0.979. The minimum Gasteiger partial charge on any atom is -0.326 e. The second kappa shape index (κ2) is 6.19. The van der Waals surface area contributed by atoms with Crippen molar-refractivity contribution in [2.24, 2.45) is 11.7 Å². The number of aromatic nitrogens is 1. The number of rotatable bonds is 4. The van der Waals surface area contributed by atoms with E-state index in [1.54, 1.807) is 0 Å². The van der Waals surface area contributed by atoms with Gasteiger partial charge < -0.3 is 5.73 Å². The van der Waals surface area contributed by atoms with Crippen LogP contribution < -0.4 is 5.73 Å². The molecule has 2 aromatic rings. The van der Waals surface area contributed by atoms with Crippen molar-refractivity contribution < 1.29 is 0 Å². The number of nitrogens with two attached hydrogens (primary N) is 1. The second-order valence-corrected chi connectivity index (χ2v) is 5.90. The van der Waals surface area contributed by atoms with Gasteiger partial charge in [0.05, 0.1) is 0 Å². The number of nitrogens with zero attached hydrogens (tertiary/aromatic N) is 1. The van der Waals surface area contributed by atoms with Crippen molar-refractivity contribution in [3.8, 4) is 11.1 Å². The maximum absolute atomic E-state index is 6.00. The van der Waals surface area contributed by atoms with Crippen LogP contribution in [0.5, 0.6) is 0 Å². The summed E-state index contributed by atoms with van der Waals surface area (Å²) >= 11 is 0. The fourth-order valence-corrected chi connectivity index (χ4v) is 2.54.